The van der Waals surface area contributed by atoms with Gasteiger partial charge in [-0.2, -0.15) is 0 Å². The number of nitrogens with zero attached hydrogens (tertiary/aromatic N) is 1. The van der Waals surface area contributed by atoms with Gasteiger partial charge in [-0.1, -0.05) is 0 Å². The summed E-state index contributed by atoms with van der Waals surface area (Å²) >= 11 is 0. The van der Waals surface area contributed by atoms with E-state index in [0.717, 1.165) is 23.3 Å². The van der Waals surface area contributed by atoms with Crippen LogP contribution >= 0.6 is 0 Å². The van der Waals surface area contributed by atoms with Crippen molar-refractivity contribution in [3.05, 3.63) is 48.0 Å². The molecule has 26 heavy (non-hydrogen) atoms. The van der Waals surface area contributed by atoms with Gasteiger partial charge in [-0.25, -0.2) is 17.2 Å². The first-order valence-electron chi connectivity index (χ1n) is 7.58. The molecule has 0 saturated heterocycles. The van der Waals surface area contributed by atoms with Crippen molar-refractivity contribution in [1.82, 2.24) is 0 Å². The van der Waals surface area contributed by atoms with Gasteiger partial charge in [-0.05, 0) is 38.1 Å². The smallest absolute Gasteiger partial charge is 0.275 e. The molecule has 0 bridgehead atoms. The Morgan fingerprint density at radius 3 is 2.35 bits per heavy atom. The lowest BCUT2D eigenvalue weighted by Crippen LogP contribution is -2.50. The van der Waals surface area contributed by atoms with Crippen molar-refractivity contribution in [2.45, 2.75) is 19.4 Å². The highest BCUT2D eigenvalue weighted by atomic mass is 32.2. The largest absolute Gasteiger partial charge is 0.476 e. The SMILES string of the molecule is CC1(C)Oc2cc(NS(C)(=O)=O)ccc2N(c2ccc(F)cc2F)C1=O. The third kappa shape index (κ3) is 3.34. The topological polar surface area (TPSA) is 75.7 Å². The van der Waals surface area contributed by atoms with E-state index >= 15 is 0 Å². The van der Waals surface area contributed by atoms with Crippen LogP contribution in [0.4, 0.5) is 25.8 Å². The molecule has 9 heteroatoms. The van der Waals surface area contributed by atoms with Crippen molar-refractivity contribution in [1.29, 1.82) is 0 Å². The van der Waals surface area contributed by atoms with Crippen LogP contribution in [0.2, 0.25) is 0 Å². The standard InChI is InChI=1S/C17H16F2N2O4S/c1-17(2)16(22)21(13-6-4-10(18)8-12(13)19)14-7-5-11(9-15(14)25-17)20-26(3,23)24/h4-9,20H,1-3H3. The maximum absolute atomic E-state index is 14.3. The summed E-state index contributed by atoms with van der Waals surface area (Å²) in [5.74, 6) is -2.02. The Morgan fingerprint density at radius 1 is 1.08 bits per heavy atom. The molecule has 0 atom stereocenters. The van der Waals surface area contributed by atoms with E-state index in [0.29, 0.717) is 6.07 Å². The van der Waals surface area contributed by atoms with E-state index in [1.807, 2.05) is 0 Å². The van der Waals surface area contributed by atoms with Crippen molar-refractivity contribution in [3.63, 3.8) is 0 Å². The van der Waals surface area contributed by atoms with E-state index in [1.54, 1.807) is 0 Å². The number of ether oxygens (including phenoxy) is 1. The summed E-state index contributed by atoms with van der Waals surface area (Å²) in [6.07, 6.45) is 1.00. The lowest BCUT2D eigenvalue weighted by atomic mass is 10.0. The Kier molecular flexibility index (Phi) is 4.14. The van der Waals surface area contributed by atoms with Gasteiger partial charge in [0, 0.05) is 12.1 Å². The molecule has 6 nitrogen and oxygen atoms in total. The fourth-order valence-electron chi connectivity index (χ4n) is 2.66. The Bertz CT molecular complexity index is 1010. The van der Waals surface area contributed by atoms with Gasteiger partial charge in [0.15, 0.2) is 5.60 Å². The molecular weight excluding hydrogens is 366 g/mol. The molecule has 138 valence electrons. The number of rotatable bonds is 3. The Hall–Kier alpha value is -2.68. The summed E-state index contributed by atoms with van der Waals surface area (Å²) in [4.78, 5) is 13.9. The predicted molar refractivity (Wildman–Crippen MR) is 93.1 cm³/mol. The van der Waals surface area contributed by atoms with Crippen LogP contribution in [0.15, 0.2) is 36.4 Å². The maximum Gasteiger partial charge on any atom is 0.275 e. The zero-order valence-corrected chi connectivity index (χ0v) is 15.0. The number of amides is 1. The first kappa shape index (κ1) is 18.1. The van der Waals surface area contributed by atoms with Crippen LogP contribution in [-0.2, 0) is 14.8 Å². The zero-order chi connectivity index (χ0) is 19.3. The monoisotopic (exact) mass is 382 g/mol. The first-order valence-corrected chi connectivity index (χ1v) is 9.47. The molecule has 0 spiro atoms. The molecule has 0 fully saturated rings. The summed E-state index contributed by atoms with van der Waals surface area (Å²) in [6.45, 7) is 3.01. The summed E-state index contributed by atoms with van der Waals surface area (Å²) in [7, 11) is -3.51. The van der Waals surface area contributed by atoms with E-state index in [4.69, 9.17) is 4.74 Å². The number of nitrogens with one attached hydrogen (secondary N) is 1. The van der Waals surface area contributed by atoms with Crippen LogP contribution in [0.3, 0.4) is 0 Å². The van der Waals surface area contributed by atoms with Crippen LogP contribution < -0.4 is 14.4 Å². The average molecular weight is 382 g/mol. The summed E-state index contributed by atoms with van der Waals surface area (Å²) in [5, 5.41) is 0. The highest BCUT2D eigenvalue weighted by Crippen LogP contribution is 2.44. The average Bonchev–Trinajstić information content (AvgIpc) is 2.48. The lowest BCUT2D eigenvalue weighted by molar-refractivity contribution is -0.131. The fourth-order valence-corrected chi connectivity index (χ4v) is 3.21. The molecule has 0 unspecified atom stereocenters. The van der Waals surface area contributed by atoms with Crippen LogP contribution in [-0.4, -0.2) is 26.2 Å². The minimum absolute atomic E-state index is 0.127. The number of anilines is 3. The van der Waals surface area contributed by atoms with Crippen LogP contribution in [0.25, 0.3) is 0 Å². The quantitative estimate of drug-likeness (QED) is 0.885. The van der Waals surface area contributed by atoms with Gasteiger partial charge >= 0.3 is 0 Å². The van der Waals surface area contributed by atoms with Crippen LogP contribution in [0, 0.1) is 11.6 Å². The number of sulfonamides is 1. The van der Waals surface area contributed by atoms with Gasteiger partial charge in [0.05, 0.1) is 23.3 Å². The first-order chi connectivity index (χ1) is 12.0. The number of carbonyl (C=O) groups excluding carboxylic acids is 1. The molecule has 1 aliphatic heterocycles. The Morgan fingerprint density at radius 2 is 1.73 bits per heavy atom. The molecule has 0 saturated carbocycles. The van der Waals surface area contributed by atoms with E-state index in [2.05, 4.69) is 4.72 Å². The van der Waals surface area contributed by atoms with E-state index in [9.17, 15) is 22.0 Å². The fraction of sp³-hybridized carbons (Fsp3) is 0.235. The van der Waals surface area contributed by atoms with Crippen LogP contribution in [0.1, 0.15) is 13.8 Å². The molecular formula is C17H16F2N2O4S. The highest BCUT2D eigenvalue weighted by Gasteiger charge is 2.42. The van der Waals surface area contributed by atoms with Crippen molar-refractivity contribution >= 4 is 33.0 Å². The Labute approximate surface area is 149 Å². The van der Waals surface area contributed by atoms with Gasteiger partial charge in [-0.3, -0.25) is 14.4 Å². The maximum atomic E-state index is 14.3. The molecule has 2 aromatic carbocycles. The van der Waals surface area contributed by atoms with Crippen molar-refractivity contribution in [3.8, 4) is 5.75 Å². The molecule has 0 aromatic heterocycles. The Balaban J connectivity index is 2.16. The lowest BCUT2D eigenvalue weighted by Gasteiger charge is -2.39. The highest BCUT2D eigenvalue weighted by molar-refractivity contribution is 7.92. The third-order valence-electron chi connectivity index (χ3n) is 3.74. The number of fused-ring (bicyclic) bond motifs is 1. The van der Waals surface area contributed by atoms with Gasteiger partial charge in [0.2, 0.25) is 10.0 Å². The van der Waals surface area contributed by atoms with E-state index in [1.165, 1.54) is 32.0 Å². The predicted octanol–water partition coefficient (Wildman–Crippen LogP) is 3.17. The molecule has 0 aliphatic carbocycles. The molecule has 1 N–H and O–H groups in total. The summed E-state index contributed by atoms with van der Waals surface area (Å²) in [6, 6.07) is 7.15. The molecule has 1 amide bonds. The minimum Gasteiger partial charge on any atom is -0.476 e. The van der Waals surface area contributed by atoms with Gasteiger partial charge in [-0.15, -0.1) is 0 Å². The van der Waals surface area contributed by atoms with Crippen molar-refractivity contribution < 1.29 is 26.7 Å². The normalized spacial score (nSPS) is 16.0. The van der Waals surface area contributed by atoms with Gasteiger partial charge < -0.3 is 4.74 Å². The summed E-state index contributed by atoms with van der Waals surface area (Å²) in [5.41, 5.74) is -1.01. The van der Waals surface area contributed by atoms with Crippen molar-refractivity contribution in [2.75, 3.05) is 15.9 Å². The minimum atomic E-state index is -3.51. The van der Waals surface area contributed by atoms with Crippen molar-refractivity contribution in [2.24, 2.45) is 0 Å². The van der Waals surface area contributed by atoms with Crippen LogP contribution in [0.5, 0.6) is 5.75 Å². The second-order valence-electron chi connectivity index (χ2n) is 6.41. The second kappa shape index (κ2) is 5.94. The number of halogens is 2. The zero-order valence-electron chi connectivity index (χ0n) is 14.2. The van der Waals surface area contributed by atoms with Gasteiger partial charge in [0.1, 0.15) is 17.4 Å². The van der Waals surface area contributed by atoms with E-state index in [-0.39, 0.29) is 22.8 Å². The number of hydrogen-bond acceptors (Lipinski definition) is 4. The number of hydrogen-bond donors (Lipinski definition) is 1. The number of carbonyl (C=O) groups is 1. The molecule has 2 aromatic rings. The molecule has 0 radical (unpaired) electrons. The number of benzene rings is 2. The third-order valence-corrected chi connectivity index (χ3v) is 4.34. The molecule has 1 aliphatic rings. The van der Waals surface area contributed by atoms with E-state index < -0.39 is 33.2 Å². The summed E-state index contributed by atoms with van der Waals surface area (Å²) < 4.78 is 58.3. The molecule has 3 rings (SSSR count). The molecule has 1 heterocycles. The van der Waals surface area contributed by atoms with Gasteiger partial charge in [0.25, 0.3) is 5.91 Å². The second-order valence-corrected chi connectivity index (χ2v) is 8.15.